The Labute approximate surface area is 68.4 Å². The fraction of sp³-hybridized carbons (Fsp3) is 0.667. The first-order chi connectivity index (χ1) is 5.00. The van der Waals surface area contributed by atoms with E-state index in [-0.39, 0.29) is 5.41 Å². The molecule has 0 saturated carbocycles. The summed E-state index contributed by atoms with van der Waals surface area (Å²) in [5, 5.41) is 3.20. The number of hydrogen-bond acceptors (Lipinski definition) is 2. The summed E-state index contributed by atoms with van der Waals surface area (Å²) in [5.41, 5.74) is 2.47. The normalized spacial score (nSPS) is 18.5. The van der Waals surface area contributed by atoms with Crippen LogP contribution in [0.25, 0.3) is 0 Å². The van der Waals surface area contributed by atoms with Crippen molar-refractivity contribution in [3.8, 4) is 0 Å². The van der Waals surface area contributed by atoms with Gasteiger partial charge in [0.2, 0.25) is 0 Å². The maximum atomic E-state index is 4.47. The Hall–Kier alpha value is -0.790. The Morgan fingerprint density at radius 3 is 2.45 bits per heavy atom. The molecule has 0 radical (unpaired) electrons. The van der Waals surface area contributed by atoms with E-state index >= 15 is 0 Å². The molecule has 0 unspecified atom stereocenters. The molecule has 62 valence electrons. The van der Waals surface area contributed by atoms with Crippen molar-refractivity contribution < 1.29 is 0 Å². The third kappa shape index (κ3) is 2.07. The molecule has 1 rings (SSSR count). The van der Waals surface area contributed by atoms with E-state index < -0.39 is 0 Å². The number of hydrogen-bond donors (Lipinski definition) is 1. The Bertz CT molecular complexity index is 206. The zero-order valence-electron chi connectivity index (χ0n) is 7.73. The van der Waals surface area contributed by atoms with Gasteiger partial charge in [0.15, 0.2) is 0 Å². The van der Waals surface area contributed by atoms with Gasteiger partial charge >= 0.3 is 0 Å². The van der Waals surface area contributed by atoms with Gasteiger partial charge in [-0.1, -0.05) is 20.8 Å². The van der Waals surface area contributed by atoms with Crippen molar-refractivity contribution in [2.75, 3.05) is 6.54 Å². The van der Waals surface area contributed by atoms with Crippen LogP contribution < -0.4 is 5.32 Å². The standard InChI is InChI=1S/C9H16N2/c1-7-5-10-6-8(11-7)9(2,3)4/h6,10H,5H2,1-4H3. The zero-order valence-corrected chi connectivity index (χ0v) is 7.73. The molecule has 2 nitrogen and oxygen atoms in total. The predicted molar refractivity (Wildman–Crippen MR) is 48.6 cm³/mol. The number of aliphatic imine (C=N–C) groups is 1. The lowest BCUT2D eigenvalue weighted by molar-refractivity contribution is 0.491. The van der Waals surface area contributed by atoms with E-state index in [0.717, 1.165) is 18.0 Å². The van der Waals surface area contributed by atoms with Gasteiger partial charge in [-0.15, -0.1) is 0 Å². The summed E-state index contributed by atoms with van der Waals surface area (Å²) in [6.45, 7) is 9.44. The molecule has 0 amide bonds. The van der Waals surface area contributed by atoms with Gasteiger partial charge in [0.25, 0.3) is 0 Å². The number of nitrogens with zero attached hydrogens (tertiary/aromatic N) is 1. The summed E-state index contributed by atoms with van der Waals surface area (Å²) < 4.78 is 0. The van der Waals surface area contributed by atoms with E-state index in [2.05, 4.69) is 31.1 Å². The largest absolute Gasteiger partial charge is 0.384 e. The zero-order chi connectivity index (χ0) is 8.48. The number of rotatable bonds is 0. The SMILES string of the molecule is CC1=NC(C(C)(C)C)=CNC1. The van der Waals surface area contributed by atoms with Crippen molar-refractivity contribution in [1.82, 2.24) is 5.32 Å². The highest BCUT2D eigenvalue weighted by atomic mass is 14.9. The molecule has 0 aromatic carbocycles. The van der Waals surface area contributed by atoms with Crippen LogP contribution in [-0.2, 0) is 0 Å². The van der Waals surface area contributed by atoms with Crippen LogP contribution in [0.5, 0.6) is 0 Å². The average molecular weight is 152 g/mol. The molecule has 0 fully saturated rings. The van der Waals surface area contributed by atoms with Gasteiger partial charge in [-0.3, -0.25) is 4.99 Å². The summed E-state index contributed by atoms with van der Waals surface area (Å²) in [5.74, 6) is 0. The second-order valence-corrected chi connectivity index (χ2v) is 4.01. The van der Waals surface area contributed by atoms with Gasteiger partial charge in [0.05, 0.1) is 12.2 Å². The van der Waals surface area contributed by atoms with Crippen molar-refractivity contribution in [1.29, 1.82) is 0 Å². The van der Waals surface area contributed by atoms with Crippen LogP contribution >= 0.6 is 0 Å². The minimum absolute atomic E-state index is 0.161. The van der Waals surface area contributed by atoms with E-state index in [0.29, 0.717) is 0 Å². The predicted octanol–water partition coefficient (Wildman–Crippen LogP) is 1.94. The van der Waals surface area contributed by atoms with Gasteiger partial charge in [0, 0.05) is 17.3 Å². The van der Waals surface area contributed by atoms with Crippen molar-refractivity contribution in [3.05, 3.63) is 11.9 Å². The van der Waals surface area contributed by atoms with E-state index in [1.54, 1.807) is 0 Å². The van der Waals surface area contributed by atoms with Gasteiger partial charge in [-0.2, -0.15) is 0 Å². The van der Waals surface area contributed by atoms with Crippen molar-refractivity contribution >= 4 is 5.71 Å². The second-order valence-electron chi connectivity index (χ2n) is 4.01. The number of allylic oxidation sites excluding steroid dienone is 1. The molecular formula is C9H16N2. The monoisotopic (exact) mass is 152 g/mol. The quantitative estimate of drug-likeness (QED) is 0.563. The van der Waals surface area contributed by atoms with Crippen molar-refractivity contribution in [3.63, 3.8) is 0 Å². The molecule has 11 heavy (non-hydrogen) atoms. The van der Waals surface area contributed by atoms with Crippen LogP contribution in [0.1, 0.15) is 27.7 Å². The van der Waals surface area contributed by atoms with Crippen molar-refractivity contribution in [2.24, 2.45) is 10.4 Å². The van der Waals surface area contributed by atoms with E-state index in [4.69, 9.17) is 0 Å². The van der Waals surface area contributed by atoms with Crippen LogP contribution in [0.2, 0.25) is 0 Å². The van der Waals surface area contributed by atoms with E-state index in [9.17, 15) is 0 Å². The topological polar surface area (TPSA) is 24.4 Å². The number of nitrogens with one attached hydrogen (secondary N) is 1. The first-order valence-electron chi connectivity index (χ1n) is 3.98. The minimum atomic E-state index is 0.161. The first kappa shape index (κ1) is 8.31. The molecule has 0 aromatic heterocycles. The van der Waals surface area contributed by atoms with E-state index in [1.807, 2.05) is 13.1 Å². The maximum Gasteiger partial charge on any atom is 0.0613 e. The average Bonchev–Trinajstić information content (AvgIpc) is 1.86. The molecule has 1 aliphatic rings. The second kappa shape index (κ2) is 2.68. The van der Waals surface area contributed by atoms with Crippen LogP contribution in [0.3, 0.4) is 0 Å². The van der Waals surface area contributed by atoms with Gasteiger partial charge < -0.3 is 5.32 Å². The van der Waals surface area contributed by atoms with Crippen LogP contribution in [0.4, 0.5) is 0 Å². The van der Waals surface area contributed by atoms with Gasteiger partial charge in [0.1, 0.15) is 0 Å². The third-order valence-electron chi connectivity index (χ3n) is 1.68. The van der Waals surface area contributed by atoms with Crippen molar-refractivity contribution in [2.45, 2.75) is 27.7 Å². The molecular weight excluding hydrogens is 136 g/mol. The maximum absolute atomic E-state index is 4.47. The Kier molecular flexibility index (Phi) is 2.03. The summed E-state index contributed by atoms with van der Waals surface area (Å²) >= 11 is 0. The molecule has 0 aliphatic carbocycles. The molecule has 0 atom stereocenters. The highest BCUT2D eigenvalue weighted by molar-refractivity contribution is 5.85. The minimum Gasteiger partial charge on any atom is -0.384 e. The molecule has 0 bridgehead atoms. The highest BCUT2D eigenvalue weighted by Gasteiger charge is 2.18. The first-order valence-corrected chi connectivity index (χ1v) is 3.98. The Balaban J connectivity index is 2.82. The lowest BCUT2D eigenvalue weighted by Gasteiger charge is -2.23. The fourth-order valence-corrected chi connectivity index (χ4v) is 0.957. The lowest BCUT2D eigenvalue weighted by atomic mass is 9.92. The molecule has 0 saturated heterocycles. The molecule has 0 aromatic rings. The summed E-state index contributed by atoms with van der Waals surface area (Å²) in [6, 6.07) is 0. The van der Waals surface area contributed by atoms with E-state index in [1.165, 1.54) is 0 Å². The van der Waals surface area contributed by atoms with Gasteiger partial charge in [-0.05, 0) is 6.92 Å². The highest BCUT2D eigenvalue weighted by Crippen LogP contribution is 2.26. The molecule has 1 aliphatic heterocycles. The molecule has 2 heteroatoms. The Morgan fingerprint density at radius 2 is 2.09 bits per heavy atom. The summed E-state index contributed by atoms with van der Waals surface area (Å²) in [4.78, 5) is 4.47. The Morgan fingerprint density at radius 1 is 1.45 bits per heavy atom. The molecule has 1 N–H and O–H groups in total. The summed E-state index contributed by atoms with van der Waals surface area (Å²) in [6.07, 6.45) is 2.01. The van der Waals surface area contributed by atoms with Crippen LogP contribution in [0.15, 0.2) is 16.9 Å². The smallest absolute Gasteiger partial charge is 0.0613 e. The summed E-state index contributed by atoms with van der Waals surface area (Å²) in [7, 11) is 0. The van der Waals surface area contributed by atoms with Crippen LogP contribution in [0, 0.1) is 5.41 Å². The third-order valence-corrected chi connectivity index (χ3v) is 1.68. The molecule has 1 heterocycles. The fourth-order valence-electron chi connectivity index (χ4n) is 0.957. The van der Waals surface area contributed by atoms with Crippen LogP contribution in [-0.4, -0.2) is 12.3 Å². The molecule has 0 spiro atoms. The van der Waals surface area contributed by atoms with Gasteiger partial charge in [-0.25, -0.2) is 0 Å². The lowest BCUT2D eigenvalue weighted by Crippen LogP contribution is -2.24.